The lowest BCUT2D eigenvalue weighted by Crippen LogP contribution is -2.21. The summed E-state index contributed by atoms with van der Waals surface area (Å²) in [5.74, 6) is 1.06. The summed E-state index contributed by atoms with van der Waals surface area (Å²) in [6.45, 7) is 4.10. The van der Waals surface area contributed by atoms with Crippen LogP contribution in [0, 0.1) is 0 Å². The van der Waals surface area contributed by atoms with Crippen LogP contribution in [0.25, 0.3) is 0 Å². The third kappa shape index (κ3) is 4.74. The van der Waals surface area contributed by atoms with Crippen LogP contribution in [-0.4, -0.2) is 43.5 Å². The number of aryl methyl sites for hydroxylation is 1. The quantitative estimate of drug-likeness (QED) is 0.629. The molecule has 92 valence electrons. The Morgan fingerprint density at radius 3 is 2.88 bits per heavy atom. The Morgan fingerprint density at radius 2 is 2.12 bits per heavy atom. The fraction of sp³-hybridized carbons (Fsp3) is 0.727. The highest BCUT2D eigenvalue weighted by Gasteiger charge is 2.01. The standard InChI is InChI=1S/C11H21N3O2/c1-15-8-3-6-14-7-4-13-11(14)10-12-5-9-16-2/h4,7,12H,3,5-6,8-10H2,1-2H3. The van der Waals surface area contributed by atoms with Crippen molar-refractivity contribution in [3.8, 4) is 0 Å². The second-order valence-electron chi connectivity index (χ2n) is 3.55. The highest BCUT2D eigenvalue weighted by atomic mass is 16.5. The molecular weight excluding hydrogens is 206 g/mol. The lowest BCUT2D eigenvalue weighted by molar-refractivity contribution is 0.189. The van der Waals surface area contributed by atoms with Gasteiger partial charge in [-0.1, -0.05) is 0 Å². The number of hydrogen-bond acceptors (Lipinski definition) is 4. The molecule has 0 fully saturated rings. The van der Waals surface area contributed by atoms with Crippen LogP contribution in [-0.2, 0) is 22.6 Å². The maximum Gasteiger partial charge on any atom is 0.122 e. The first-order valence-corrected chi connectivity index (χ1v) is 5.57. The van der Waals surface area contributed by atoms with Crippen molar-refractivity contribution in [2.45, 2.75) is 19.5 Å². The normalized spacial score (nSPS) is 10.9. The van der Waals surface area contributed by atoms with Gasteiger partial charge < -0.3 is 19.4 Å². The van der Waals surface area contributed by atoms with E-state index in [4.69, 9.17) is 9.47 Å². The SMILES string of the molecule is COCCCn1ccnc1CNCCOC. The van der Waals surface area contributed by atoms with Gasteiger partial charge in [-0.25, -0.2) is 4.98 Å². The number of hydrogen-bond donors (Lipinski definition) is 1. The fourth-order valence-electron chi connectivity index (χ4n) is 1.46. The van der Waals surface area contributed by atoms with Crippen LogP contribution in [0.3, 0.4) is 0 Å². The Morgan fingerprint density at radius 1 is 1.31 bits per heavy atom. The van der Waals surface area contributed by atoms with Gasteiger partial charge in [-0.3, -0.25) is 0 Å². The monoisotopic (exact) mass is 227 g/mol. The molecule has 0 amide bonds. The minimum atomic E-state index is 0.727. The Labute approximate surface area is 96.8 Å². The van der Waals surface area contributed by atoms with Gasteiger partial charge in [0.05, 0.1) is 13.2 Å². The minimum Gasteiger partial charge on any atom is -0.385 e. The molecule has 0 saturated heterocycles. The Balaban J connectivity index is 2.26. The number of methoxy groups -OCH3 is 2. The molecule has 5 heteroatoms. The van der Waals surface area contributed by atoms with Crippen molar-refractivity contribution in [2.24, 2.45) is 0 Å². The van der Waals surface area contributed by atoms with Crippen LogP contribution in [0.15, 0.2) is 12.4 Å². The Hall–Kier alpha value is -0.910. The number of nitrogens with one attached hydrogen (secondary N) is 1. The van der Waals surface area contributed by atoms with Gasteiger partial charge in [-0.2, -0.15) is 0 Å². The molecule has 0 aromatic carbocycles. The molecule has 16 heavy (non-hydrogen) atoms. The molecule has 5 nitrogen and oxygen atoms in total. The highest BCUT2D eigenvalue weighted by Crippen LogP contribution is 1.99. The molecule has 0 radical (unpaired) electrons. The number of nitrogens with zero attached hydrogens (tertiary/aromatic N) is 2. The molecule has 0 aliphatic rings. The third-order valence-electron chi connectivity index (χ3n) is 2.32. The van der Waals surface area contributed by atoms with Crippen molar-refractivity contribution in [1.82, 2.24) is 14.9 Å². The lowest BCUT2D eigenvalue weighted by atomic mass is 10.4. The van der Waals surface area contributed by atoms with Crippen LogP contribution < -0.4 is 5.32 Å². The van der Waals surface area contributed by atoms with E-state index in [9.17, 15) is 0 Å². The molecule has 0 aliphatic carbocycles. The number of imidazole rings is 1. The molecule has 1 aromatic heterocycles. The van der Waals surface area contributed by atoms with Crippen LogP contribution in [0.2, 0.25) is 0 Å². The molecule has 0 bridgehead atoms. The molecule has 0 saturated carbocycles. The molecule has 0 spiro atoms. The van der Waals surface area contributed by atoms with Crippen LogP contribution in [0.1, 0.15) is 12.2 Å². The molecule has 1 aromatic rings. The Bertz CT molecular complexity index is 276. The number of aromatic nitrogens is 2. The topological polar surface area (TPSA) is 48.3 Å². The van der Waals surface area contributed by atoms with Crippen molar-refractivity contribution in [3.05, 3.63) is 18.2 Å². The zero-order chi connectivity index (χ0) is 11.6. The first-order chi connectivity index (χ1) is 7.88. The van der Waals surface area contributed by atoms with Crippen molar-refractivity contribution in [3.63, 3.8) is 0 Å². The van der Waals surface area contributed by atoms with E-state index in [1.54, 1.807) is 14.2 Å². The van der Waals surface area contributed by atoms with Gasteiger partial charge in [0.25, 0.3) is 0 Å². The summed E-state index contributed by atoms with van der Waals surface area (Å²) in [6, 6.07) is 0. The maximum atomic E-state index is 5.03. The van der Waals surface area contributed by atoms with E-state index in [0.717, 1.165) is 45.1 Å². The Kier molecular flexibility index (Phi) is 6.80. The van der Waals surface area contributed by atoms with Crippen molar-refractivity contribution in [2.75, 3.05) is 34.0 Å². The predicted molar refractivity (Wildman–Crippen MR) is 62.3 cm³/mol. The zero-order valence-corrected chi connectivity index (χ0v) is 10.1. The summed E-state index contributed by atoms with van der Waals surface area (Å²) in [7, 11) is 3.43. The summed E-state index contributed by atoms with van der Waals surface area (Å²) in [5, 5.41) is 3.28. The van der Waals surface area contributed by atoms with Crippen LogP contribution >= 0.6 is 0 Å². The van der Waals surface area contributed by atoms with Gasteiger partial charge in [0.15, 0.2) is 0 Å². The van der Waals surface area contributed by atoms with Gasteiger partial charge in [-0.05, 0) is 6.42 Å². The van der Waals surface area contributed by atoms with Crippen molar-refractivity contribution >= 4 is 0 Å². The average molecular weight is 227 g/mol. The van der Waals surface area contributed by atoms with Crippen molar-refractivity contribution in [1.29, 1.82) is 0 Å². The minimum absolute atomic E-state index is 0.727. The predicted octanol–water partition coefficient (Wildman–Crippen LogP) is 0.656. The first-order valence-electron chi connectivity index (χ1n) is 5.57. The van der Waals surface area contributed by atoms with Gasteiger partial charge in [0.2, 0.25) is 0 Å². The molecule has 1 N–H and O–H groups in total. The summed E-state index contributed by atoms with van der Waals surface area (Å²) in [5.41, 5.74) is 0. The average Bonchev–Trinajstić information content (AvgIpc) is 2.73. The third-order valence-corrected chi connectivity index (χ3v) is 2.32. The first kappa shape index (κ1) is 13.2. The van der Waals surface area contributed by atoms with Gasteiger partial charge in [0.1, 0.15) is 5.82 Å². The van der Waals surface area contributed by atoms with E-state index < -0.39 is 0 Å². The molecular formula is C11H21N3O2. The van der Waals surface area contributed by atoms with E-state index in [1.807, 2.05) is 12.4 Å². The fourth-order valence-corrected chi connectivity index (χ4v) is 1.46. The van der Waals surface area contributed by atoms with Gasteiger partial charge >= 0.3 is 0 Å². The second kappa shape index (κ2) is 8.27. The largest absolute Gasteiger partial charge is 0.385 e. The van der Waals surface area contributed by atoms with Crippen molar-refractivity contribution < 1.29 is 9.47 Å². The smallest absolute Gasteiger partial charge is 0.122 e. The second-order valence-corrected chi connectivity index (χ2v) is 3.55. The molecule has 0 atom stereocenters. The van der Waals surface area contributed by atoms with E-state index in [1.165, 1.54) is 0 Å². The van der Waals surface area contributed by atoms with E-state index in [2.05, 4.69) is 14.9 Å². The van der Waals surface area contributed by atoms with E-state index >= 15 is 0 Å². The summed E-state index contributed by atoms with van der Waals surface area (Å²) < 4.78 is 12.1. The molecule has 1 rings (SSSR count). The molecule has 0 unspecified atom stereocenters. The summed E-state index contributed by atoms with van der Waals surface area (Å²) in [6.07, 6.45) is 4.85. The summed E-state index contributed by atoms with van der Waals surface area (Å²) in [4.78, 5) is 4.31. The van der Waals surface area contributed by atoms with E-state index in [-0.39, 0.29) is 0 Å². The maximum absolute atomic E-state index is 5.03. The van der Waals surface area contributed by atoms with Gasteiger partial charge in [0, 0.05) is 46.3 Å². The van der Waals surface area contributed by atoms with Crippen LogP contribution in [0.4, 0.5) is 0 Å². The molecule has 0 aliphatic heterocycles. The number of ether oxygens (including phenoxy) is 2. The van der Waals surface area contributed by atoms with Gasteiger partial charge in [-0.15, -0.1) is 0 Å². The zero-order valence-electron chi connectivity index (χ0n) is 10.1. The lowest BCUT2D eigenvalue weighted by Gasteiger charge is -2.08. The van der Waals surface area contributed by atoms with Crippen LogP contribution in [0.5, 0.6) is 0 Å². The molecule has 1 heterocycles. The van der Waals surface area contributed by atoms with E-state index in [0.29, 0.717) is 0 Å². The summed E-state index contributed by atoms with van der Waals surface area (Å²) >= 11 is 0. The highest BCUT2D eigenvalue weighted by molar-refractivity contribution is 4.91. The number of rotatable bonds is 9.